The number of hydrogen-bond donors (Lipinski definition) is 2. The van der Waals surface area contributed by atoms with Gasteiger partial charge in [0.1, 0.15) is 23.7 Å². The summed E-state index contributed by atoms with van der Waals surface area (Å²) in [6.07, 6.45) is 1.32. The van der Waals surface area contributed by atoms with Crippen molar-refractivity contribution in [3.63, 3.8) is 0 Å². The minimum absolute atomic E-state index is 0.0108. The summed E-state index contributed by atoms with van der Waals surface area (Å²) >= 11 is 6.13. The molecule has 0 aliphatic carbocycles. The standard InChI is InChI=1S/C24H17ClN2O5/c25-21-7-2-1-5-16(21)14-32-19-10-8-17(9-11-19)27-23(30)20(22(29)26-24(27)31)13-15-4-3-6-18(28)12-15/h1-13,28H,14H2,(H,26,29,31). The highest BCUT2D eigenvalue weighted by Gasteiger charge is 2.36. The van der Waals surface area contributed by atoms with Crippen LogP contribution in [0.3, 0.4) is 0 Å². The highest BCUT2D eigenvalue weighted by atomic mass is 35.5. The van der Waals surface area contributed by atoms with E-state index in [9.17, 15) is 19.5 Å². The molecule has 4 rings (SSSR count). The molecule has 0 spiro atoms. The number of urea groups is 1. The van der Waals surface area contributed by atoms with E-state index in [0.29, 0.717) is 16.3 Å². The molecule has 4 amide bonds. The number of amides is 4. The van der Waals surface area contributed by atoms with Gasteiger partial charge in [0.2, 0.25) is 0 Å². The Labute approximate surface area is 188 Å². The van der Waals surface area contributed by atoms with Crippen LogP contribution in [0.15, 0.2) is 78.4 Å². The summed E-state index contributed by atoms with van der Waals surface area (Å²) in [6.45, 7) is 0.257. The number of phenols is 1. The number of halogens is 1. The summed E-state index contributed by atoms with van der Waals surface area (Å²) < 4.78 is 5.72. The fraction of sp³-hybridized carbons (Fsp3) is 0.0417. The van der Waals surface area contributed by atoms with Crippen molar-refractivity contribution in [1.29, 1.82) is 0 Å². The number of carbonyl (C=O) groups is 3. The number of barbiturate groups is 1. The third-order valence-electron chi connectivity index (χ3n) is 4.73. The molecular formula is C24H17ClN2O5. The van der Waals surface area contributed by atoms with E-state index >= 15 is 0 Å². The summed E-state index contributed by atoms with van der Waals surface area (Å²) in [7, 11) is 0. The first kappa shape index (κ1) is 21.1. The zero-order valence-corrected chi connectivity index (χ0v) is 17.4. The molecule has 0 bridgehead atoms. The predicted molar refractivity (Wildman–Crippen MR) is 119 cm³/mol. The second-order valence-electron chi connectivity index (χ2n) is 6.93. The Bertz CT molecular complexity index is 1240. The molecule has 32 heavy (non-hydrogen) atoms. The fourth-order valence-corrected chi connectivity index (χ4v) is 3.33. The van der Waals surface area contributed by atoms with Crippen LogP contribution in [0.25, 0.3) is 6.08 Å². The Morgan fingerprint density at radius 3 is 2.44 bits per heavy atom. The van der Waals surface area contributed by atoms with E-state index in [1.54, 1.807) is 42.5 Å². The summed E-state index contributed by atoms with van der Waals surface area (Å²) in [6, 6.07) is 18.8. The molecule has 0 saturated carbocycles. The molecule has 1 fully saturated rings. The summed E-state index contributed by atoms with van der Waals surface area (Å²) in [4.78, 5) is 38.4. The Morgan fingerprint density at radius 2 is 1.72 bits per heavy atom. The molecule has 3 aromatic rings. The van der Waals surface area contributed by atoms with Crippen LogP contribution in [-0.2, 0) is 16.2 Å². The molecule has 0 unspecified atom stereocenters. The lowest BCUT2D eigenvalue weighted by molar-refractivity contribution is -0.122. The first-order valence-corrected chi connectivity index (χ1v) is 9.97. The number of phenolic OH excluding ortho intramolecular Hbond substituents is 1. The van der Waals surface area contributed by atoms with Gasteiger partial charge in [-0.25, -0.2) is 9.69 Å². The Balaban J connectivity index is 1.54. The van der Waals surface area contributed by atoms with E-state index in [-0.39, 0.29) is 23.6 Å². The van der Waals surface area contributed by atoms with Crippen LogP contribution in [0.5, 0.6) is 11.5 Å². The number of carbonyl (C=O) groups excluding carboxylic acids is 3. The molecule has 160 valence electrons. The molecule has 8 heteroatoms. The molecule has 1 saturated heterocycles. The maximum absolute atomic E-state index is 12.9. The van der Waals surface area contributed by atoms with Gasteiger partial charge in [-0.3, -0.25) is 14.9 Å². The highest BCUT2D eigenvalue weighted by molar-refractivity contribution is 6.39. The van der Waals surface area contributed by atoms with Gasteiger partial charge in [0.05, 0.1) is 5.69 Å². The molecule has 0 aromatic heterocycles. The molecule has 1 heterocycles. The first-order valence-electron chi connectivity index (χ1n) is 9.59. The van der Waals surface area contributed by atoms with Crippen molar-refractivity contribution in [2.24, 2.45) is 0 Å². The minimum Gasteiger partial charge on any atom is -0.508 e. The van der Waals surface area contributed by atoms with Gasteiger partial charge in [-0.1, -0.05) is 41.9 Å². The lowest BCUT2D eigenvalue weighted by Gasteiger charge is -2.26. The first-order chi connectivity index (χ1) is 15.4. The predicted octanol–water partition coefficient (Wildman–Crippen LogP) is 4.29. The molecule has 3 aromatic carbocycles. The average molecular weight is 449 g/mol. The minimum atomic E-state index is -0.849. The van der Waals surface area contributed by atoms with Crippen LogP contribution >= 0.6 is 11.6 Å². The topological polar surface area (TPSA) is 95.9 Å². The van der Waals surface area contributed by atoms with E-state index in [0.717, 1.165) is 10.5 Å². The second-order valence-corrected chi connectivity index (χ2v) is 7.33. The van der Waals surface area contributed by atoms with Crippen molar-refractivity contribution in [3.8, 4) is 11.5 Å². The van der Waals surface area contributed by atoms with Gasteiger partial charge >= 0.3 is 6.03 Å². The van der Waals surface area contributed by atoms with Gasteiger partial charge in [0.25, 0.3) is 11.8 Å². The van der Waals surface area contributed by atoms with Gasteiger partial charge in [-0.2, -0.15) is 0 Å². The van der Waals surface area contributed by atoms with Gasteiger partial charge < -0.3 is 9.84 Å². The summed E-state index contributed by atoms with van der Waals surface area (Å²) in [5.74, 6) is -1.07. The number of benzene rings is 3. The van der Waals surface area contributed by atoms with Gasteiger partial charge in [-0.05, 0) is 54.1 Å². The van der Waals surface area contributed by atoms with Crippen molar-refractivity contribution < 1.29 is 24.2 Å². The van der Waals surface area contributed by atoms with Gasteiger partial charge in [0.15, 0.2) is 0 Å². The number of anilines is 1. The van der Waals surface area contributed by atoms with Gasteiger partial charge in [-0.15, -0.1) is 0 Å². The third-order valence-corrected chi connectivity index (χ3v) is 5.10. The quantitative estimate of drug-likeness (QED) is 0.448. The zero-order valence-electron chi connectivity index (χ0n) is 16.6. The highest BCUT2D eigenvalue weighted by Crippen LogP contribution is 2.26. The van der Waals surface area contributed by atoms with Crippen molar-refractivity contribution >= 4 is 41.2 Å². The zero-order chi connectivity index (χ0) is 22.7. The van der Waals surface area contributed by atoms with E-state index < -0.39 is 17.8 Å². The summed E-state index contributed by atoms with van der Waals surface area (Å²) in [5.41, 5.74) is 1.31. The lowest BCUT2D eigenvalue weighted by Crippen LogP contribution is -2.54. The Hall–Kier alpha value is -4.10. The fourth-order valence-electron chi connectivity index (χ4n) is 3.14. The molecule has 1 aliphatic heterocycles. The SMILES string of the molecule is O=C1NC(=O)N(c2ccc(OCc3ccccc3Cl)cc2)C(=O)C1=Cc1cccc(O)c1. The maximum Gasteiger partial charge on any atom is 0.335 e. The number of aromatic hydroxyl groups is 1. The number of rotatable bonds is 5. The second kappa shape index (κ2) is 8.95. The molecule has 1 aliphatic rings. The van der Waals surface area contributed by atoms with E-state index in [4.69, 9.17) is 16.3 Å². The number of hydrogen-bond acceptors (Lipinski definition) is 5. The van der Waals surface area contributed by atoms with Crippen LogP contribution < -0.4 is 15.0 Å². The van der Waals surface area contributed by atoms with Crippen LogP contribution in [-0.4, -0.2) is 23.0 Å². The molecule has 0 radical (unpaired) electrons. The molecule has 7 nitrogen and oxygen atoms in total. The number of imide groups is 2. The molecule has 2 N–H and O–H groups in total. The Kier molecular flexibility index (Phi) is 5.91. The van der Waals surface area contributed by atoms with Crippen LogP contribution in [0.4, 0.5) is 10.5 Å². The lowest BCUT2D eigenvalue weighted by atomic mass is 10.1. The van der Waals surface area contributed by atoms with E-state index in [1.807, 2.05) is 18.2 Å². The normalized spacial score (nSPS) is 15.1. The van der Waals surface area contributed by atoms with Crippen LogP contribution in [0.2, 0.25) is 5.02 Å². The van der Waals surface area contributed by atoms with Crippen molar-refractivity contribution in [2.45, 2.75) is 6.61 Å². The number of ether oxygens (including phenoxy) is 1. The Morgan fingerprint density at radius 1 is 0.969 bits per heavy atom. The summed E-state index contributed by atoms with van der Waals surface area (Å²) in [5, 5.41) is 12.4. The smallest absolute Gasteiger partial charge is 0.335 e. The van der Waals surface area contributed by atoms with Crippen LogP contribution in [0.1, 0.15) is 11.1 Å². The maximum atomic E-state index is 12.9. The van der Waals surface area contributed by atoms with Gasteiger partial charge in [0, 0.05) is 10.6 Å². The van der Waals surface area contributed by atoms with E-state index in [1.165, 1.54) is 18.2 Å². The van der Waals surface area contributed by atoms with E-state index in [2.05, 4.69) is 5.32 Å². The monoisotopic (exact) mass is 448 g/mol. The van der Waals surface area contributed by atoms with Crippen molar-refractivity contribution in [1.82, 2.24) is 5.32 Å². The van der Waals surface area contributed by atoms with Crippen molar-refractivity contribution in [3.05, 3.63) is 94.5 Å². The van der Waals surface area contributed by atoms with Crippen LogP contribution in [0, 0.1) is 0 Å². The number of nitrogens with one attached hydrogen (secondary N) is 1. The largest absolute Gasteiger partial charge is 0.508 e. The third kappa shape index (κ3) is 4.48. The molecule has 0 atom stereocenters. The number of nitrogens with zero attached hydrogens (tertiary/aromatic N) is 1. The average Bonchev–Trinajstić information content (AvgIpc) is 2.77. The molecular weight excluding hydrogens is 432 g/mol. The van der Waals surface area contributed by atoms with Crippen molar-refractivity contribution in [2.75, 3.05) is 4.90 Å².